The Balaban J connectivity index is 1.68. The molecule has 0 aliphatic rings. The molecule has 4 rings (SSSR count). The second kappa shape index (κ2) is 8.75. The lowest BCUT2D eigenvalue weighted by Gasteiger charge is -2.09. The standard InChI is InChI=1S/C23H18BrN5/c1-16(17-12-14-20(24)15-13-17)26-28-23-25-21(18-8-4-2-5-9-18)22(27-29-23)19-10-6-3-7-11-19/h2-15H,1H3,(H,25,28,29)/b26-16-. The lowest BCUT2D eigenvalue weighted by molar-refractivity contribution is 0.972. The van der Waals surface area contributed by atoms with E-state index >= 15 is 0 Å². The highest BCUT2D eigenvalue weighted by Gasteiger charge is 2.13. The maximum Gasteiger partial charge on any atom is 0.263 e. The molecular formula is C23H18BrN5. The second-order valence-electron chi connectivity index (χ2n) is 6.38. The molecule has 0 fully saturated rings. The molecule has 142 valence electrons. The lowest BCUT2D eigenvalue weighted by Crippen LogP contribution is -2.05. The van der Waals surface area contributed by atoms with E-state index < -0.39 is 0 Å². The molecule has 0 aliphatic heterocycles. The smallest absolute Gasteiger partial charge is 0.244 e. The van der Waals surface area contributed by atoms with Crippen LogP contribution in [-0.2, 0) is 0 Å². The Bertz CT molecular complexity index is 1130. The summed E-state index contributed by atoms with van der Waals surface area (Å²) >= 11 is 3.44. The number of hydrogen-bond acceptors (Lipinski definition) is 5. The van der Waals surface area contributed by atoms with Crippen LogP contribution in [0.3, 0.4) is 0 Å². The largest absolute Gasteiger partial charge is 0.263 e. The third-order valence-corrected chi connectivity index (χ3v) is 4.90. The minimum absolute atomic E-state index is 0.347. The fourth-order valence-corrected chi connectivity index (χ4v) is 3.11. The van der Waals surface area contributed by atoms with Crippen LogP contribution in [-0.4, -0.2) is 20.9 Å². The highest BCUT2D eigenvalue weighted by Crippen LogP contribution is 2.28. The molecule has 4 aromatic rings. The van der Waals surface area contributed by atoms with E-state index in [2.05, 4.69) is 36.7 Å². The Kier molecular flexibility index (Phi) is 5.72. The van der Waals surface area contributed by atoms with Crippen molar-refractivity contribution in [2.45, 2.75) is 6.92 Å². The monoisotopic (exact) mass is 443 g/mol. The van der Waals surface area contributed by atoms with E-state index in [-0.39, 0.29) is 0 Å². The van der Waals surface area contributed by atoms with E-state index in [1.54, 1.807) is 0 Å². The van der Waals surface area contributed by atoms with Crippen LogP contribution in [0.5, 0.6) is 0 Å². The zero-order valence-electron chi connectivity index (χ0n) is 15.7. The summed E-state index contributed by atoms with van der Waals surface area (Å²) < 4.78 is 1.03. The molecule has 0 radical (unpaired) electrons. The molecule has 0 saturated heterocycles. The summed E-state index contributed by atoms with van der Waals surface area (Å²) in [5, 5.41) is 13.1. The number of hydrazone groups is 1. The van der Waals surface area contributed by atoms with Crippen LogP contribution in [0.25, 0.3) is 22.5 Å². The highest BCUT2D eigenvalue weighted by atomic mass is 79.9. The number of halogens is 1. The summed E-state index contributed by atoms with van der Waals surface area (Å²) in [6.45, 7) is 1.93. The van der Waals surface area contributed by atoms with Crippen molar-refractivity contribution in [3.05, 3.63) is 95.0 Å². The van der Waals surface area contributed by atoms with Crippen LogP contribution in [0.2, 0.25) is 0 Å². The van der Waals surface area contributed by atoms with E-state index in [1.807, 2.05) is 91.9 Å². The van der Waals surface area contributed by atoms with Crippen molar-refractivity contribution in [2.24, 2.45) is 5.10 Å². The Morgan fingerprint density at radius 2 is 1.34 bits per heavy atom. The average molecular weight is 444 g/mol. The third kappa shape index (κ3) is 4.55. The number of nitrogens with zero attached hydrogens (tertiary/aromatic N) is 4. The zero-order valence-corrected chi connectivity index (χ0v) is 17.3. The zero-order chi connectivity index (χ0) is 20.1. The number of anilines is 1. The van der Waals surface area contributed by atoms with Gasteiger partial charge in [-0.05, 0) is 24.6 Å². The van der Waals surface area contributed by atoms with Crippen LogP contribution in [0.1, 0.15) is 12.5 Å². The van der Waals surface area contributed by atoms with Gasteiger partial charge in [0.2, 0.25) is 0 Å². The molecule has 0 amide bonds. The molecule has 3 aromatic carbocycles. The van der Waals surface area contributed by atoms with Gasteiger partial charge in [-0.25, -0.2) is 10.4 Å². The molecule has 0 saturated carbocycles. The fraction of sp³-hybridized carbons (Fsp3) is 0.0435. The van der Waals surface area contributed by atoms with Crippen molar-refractivity contribution in [1.82, 2.24) is 15.2 Å². The van der Waals surface area contributed by atoms with Gasteiger partial charge in [-0.15, -0.1) is 10.2 Å². The number of aromatic nitrogens is 3. The first-order valence-electron chi connectivity index (χ1n) is 9.12. The SMILES string of the molecule is C/C(=N/Nc1nnc(-c2ccccc2)c(-c2ccccc2)n1)c1ccc(Br)cc1. The Morgan fingerprint density at radius 3 is 1.97 bits per heavy atom. The quantitative estimate of drug-likeness (QED) is 0.312. The van der Waals surface area contributed by atoms with Gasteiger partial charge >= 0.3 is 0 Å². The van der Waals surface area contributed by atoms with Crippen LogP contribution >= 0.6 is 15.9 Å². The summed E-state index contributed by atoms with van der Waals surface area (Å²) in [7, 11) is 0. The van der Waals surface area contributed by atoms with E-state index in [1.165, 1.54) is 0 Å². The van der Waals surface area contributed by atoms with Crippen molar-refractivity contribution >= 4 is 27.6 Å². The Morgan fingerprint density at radius 1 is 0.759 bits per heavy atom. The molecule has 1 heterocycles. The Hall–Kier alpha value is -3.38. The summed E-state index contributed by atoms with van der Waals surface area (Å²) in [5.41, 5.74) is 8.20. The molecule has 0 unspecified atom stereocenters. The van der Waals surface area contributed by atoms with E-state index in [4.69, 9.17) is 4.98 Å². The summed E-state index contributed by atoms with van der Waals surface area (Å²) in [6.07, 6.45) is 0. The molecule has 6 heteroatoms. The van der Waals surface area contributed by atoms with Gasteiger partial charge in [0.15, 0.2) is 0 Å². The van der Waals surface area contributed by atoms with Crippen LogP contribution in [0.4, 0.5) is 5.95 Å². The van der Waals surface area contributed by atoms with Crippen molar-refractivity contribution in [3.8, 4) is 22.5 Å². The Labute approximate surface area is 177 Å². The van der Waals surface area contributed by atoms with Gasteiger partial charge in [-0.1, -0.05) is 88.7 Å². The van der Waals surface area contributed by atoms with E-state index in [0.717, 1.165) is 38.3 Å². The first kappa shape index (κ1) is 19.0. The maximum atomic E-state index is 4.70. The first-order valence-corrected chi connectivity index (χ1v) is 9.92. The molecule has 0 atom stereocenters. The first-order chi connectivity index (χ1) is 14.2. The summed E-state index contributed by atoms with van der Waals surface area (Å²) in [5.74, 6) is 0.347. The minimum atomic E-state index is 0.347. The molecular weight excluding hydrogens is 426 g/mol. The van der Waals surface area contributed by atoms with Crippen molar-refractivity contribution in [2.75, 3.05) is 5.43 Å². The van der Waals surface area contributed by atoms with E-state index in [9.17, 15) is 0 Å². The molecule has 29 heavy (non-hydrogen) atoms. The van der Waals surface area contributed by atoms with Crippen LogP contribution in [0, 0.1) is 0 Å². The van der Waals surface area contributed by atoms with Gasteiger partial charge in [0.1, 0.15) is 11.4 Å². The van der Waals surface area contributed by atoms with Crippen LogP contribution < -0.4 is 5.43 Å². The van der Waals surface area contributed by atoms with Crippen molar-refractivity contribution < 1.29 is 0 Å². The number of nitrogens with one attached hydrogen (secondary N) is 1. The minimum Gasteiger partial charge on any atom is -0.244 e. The molecule has 1 N–H and O–H groups in total. The van der Waals surface area contributed by atoms with Gasteiger partial charge in [0.05, 0.1) is 5.71 Å². The van der Waals surface area contributed by atoms with E-state index in [0.29, 0.717) is 5.95 Å². The molecule has 0 bridgehead atoms. The normalized spacial score (nSPS) is 11.3. The van der Waals surface area contributed by atoms with Gasteiger partial charge in [0, 0.05) is 15.6 Å². The second-order valence-corrected chi connectivity index (χ2v) is 7.30. The van der Waals surface area contributed by atoms with Crippen LogP contribution in [0.15, 0.2) is 94.5 Å². The fourth-order valence-electron chi connectivity index (χ4n) is 2.85. The summed E-state index contributed by atoms with van der Waals surface area (Å²) in [4.78, 5) is 4.70. The molecule has 1 aromatic heterocycles. The van der Waals surface area contributed by atoms with Gasteiger partial charge in [-0.2, -0.15) is 5.10 Å². The average Bonchev–Trinajstić information content (AvgIpc) is 2.79. The maximum absolute atomic E-state index is 4.70. The van der Waals surface area contributed by atoms with Gasteiger partial charge in [0.25, 0.3) is 5.95 Å². The topological polar surface area (TPSA) is 63.1 Å². The number of benzene rings is 3. The van der Waals surface area contributed by atoms with Crippen molar-refractivity contribution in [3.63, 3.8) is 0 Å². The highest BCUT2D eigenvalue weighted by molar-refractivity contribution is 9.10. The lowest BCUT2D eigenvalue weighted by atomic mass is 10.0. The number of hydrogen-bond donors (Lipinski definition) is 1. The molecule has 0 aliphatic carbocycles. The predicted molar refractivity (Wildman–Crippen MR) is 121 cm³/mol. The molecule has 5 nitrogen and oxygen atoms in total. The summed E-state index contributed by atoms with van der Waals surface area (Å²) in [6, 6.07) is 27.8. The van der Waals surface area contributed by atoms with Crippen molar-refractivity contribution in [1.29, 1.82) is 0 Å². The predicted octanol–water partition coefficient (Wildman–Crippen LogP) is 5.80. The molecule has 0 spiro atoms. The van der Waals surface area contributed by atoms with Gasteiger partial charge < -0.3 is 0 Å². The third-order valence-electron chi connectivity index (χ3n) is 4.37. The van der Waals surface area contributed by atoms with Gasteiger partial charge in [-0.3, -0.25) is 0 Å². The number of rotatable bonds is 5.